The van der Waals surface area contributed by atoms with Gasteiger partial charge in [0.2, 0.25) is 0 Å². The van der Waals surface area contributed by atoms with Gasteiger partial charge in [0, 0.05) is 13.6 Å². The van der Waals surface area contributed by atoms with Crippen LogP contribution in [-0.4, -0.2) is 21.3 Å². The van der Waals surface area contributed by atoms with Crippen molar-refractivity contribution in [3.8, 4) is 5.75 Å². The van der Waals surface area contributed by atoms with Crippen molar-refractivity contribution in [3.63, 3.8) is 0 Å². The Hall–Kier alpha value is -1.40. The summed E-state index contributed by atoms with van der Waals surface area (Å²) in [6.45, 7) is 4.32. The molecule has 0 unspecified atom stereocenters. The van der Waals surface area contributed by atoms with Crippen LogP contribution in [0.15, 0.2) is 29.0 Å². The first kappa shape index (κ1) is 14.0. The minimum Gasteiger partial charge on any atom is -0.484 e. The molecule has 0 aliphatic rings. The Morgan fingerprint density at radius 3 is 2.89 bits per heavy atom. The third-order valence-corrected chi connectivity index (χ3v) is 3.36. The smallest absolute Gasteiger partial charge is 0.170 e. The zero-order valence-electron chi connectivity index (χ0n) is 11.1. The summed E-state index contributed by atoms with van der Waals surface area (Å²) < 4.78 is 8.52. The molecule has 1 N–H and O–H groups in total. The number of nitrogens with one attached hydrogen (secondary N) is 1. The van der Waals surface area contributed by atoms with Crippen molar-refractivity contribution in [2.75, 3.05) is 6.54 Å². The van der Waals surface area contributed by atoms with Crippen LogP contribution in [0.2, 0.25) is 0 Å². The fourth-order valence-corrected chi connectivity index (χ4v) is 2.16. The maximum Gasteiger partial charge on any atom is 0.170 e. The number of ether oxygens (including phenoxy) is 1. The van der Waals surface area contributed by atoms with Crippen LogP contribution in [0.25, 0.3) is 0 Å². The minimum atomic E-state index is 0.404. The summed E-state index contributed by atoms with van der Waals surface area (Å²) in [6, 6.07) is 6.08. The molecule has 1 heterocycles. The second-order valence-corrected chi connectivity index (χ2v) is 5.05. The quantitative estimate of drug-likeness (QED) is 0.885. The maximum atomic E-state index is 5.73. The molecule has 102 valence electrons. The Labute approximate surface area is 121 Å². The van der Waals surface area contributed by atoms with Gasteiger partial charge in [-0.1, -0.05) is 13.0 Å². The summed E-state index contributed by atoms with van der Waals surface area (Å²) in [5, 5.41) is 11.1. The highest BCUT2D eigenvalue weighted by atomic mass is 79.9. The highest BCUT2D eigenvalue weighted by molar-refractivity contribution is 9.10. The molecule has 2 aromatic rings. The molecule has 1 aromatic heterocycles. The van der Waals surface area contributed by atoms with Crippen LogP contribution in [0.1, 0.15) is 18.3 Å². The first-order chi connectivity index (χ1) is 9.20. The molecular formula is C13H17BrN4O. The lowest BCUT2D eigenvalue weighted by Gasteiger charge is -2.09. The van der Waals surface area contributed by atoms with Crippen LogP contribution >= 0.6 is 15.9 Å². The molecular weight excluding hydrogens is 308 g/mol. The molecule has 1 aromatic carbocycles. The molecule has 0 saturated carbocycles. The van der Waals surface area contributed by atoms with E-state index in [1.807, 2.05) is 17.7 Å². The van der Waals surface area contributed by atoms with E-state index in [1.165, 1.54) is 5.56 Å². The van der Waals surface area contributed by atoms with Crippen LogP contribution in [0.3, 0.4) is 0 Å². The first-order valence-corrected chi connectivity index (χ1v) is 6.94. The Morgan fingerprint density at radius 2 is 2.26 bits per heavy atom. The Kier molecular flexibility index (Phi) is 4.93. The van der Waals surface area contributed by atoms with Gasteiger partial charge in [-0.2, -0.15) is 0 Å². The number of rotatable bonds is 6. The summed E-state index contributed by atoms with van der Waals surface area (Å²) in [4.78, 5) is 0. The standard InChI is InChI=1S/C13H17BrN4O/c1-3-15-7-10-4-5-12(11(14)6-10)19-8-13-17-16-9-18(13)2/h4-6,9,15H,3,7-8H2,1-2H3. The highest BCUT2D eigenvalue weighted by Gasteiger charge is 2.06. The average Bonchev–Trinajstić information content (AvgIpc) is 2.81. The molecule has 5 nitrogen and oxygen atoms in total. The van der Waals surface area contributed by atoms with E-state index in [1.54, 1.807) is 6.33 Å². The van der Waals surface area contributed by atoms with Gasteiger partial charge in [0.25, 0.3) is 0 Å². The van der Waals surface area contributed by atoms with Gasteiger partial charge < -0.3 is 14.6 Å². The van der Waals surface area contributed by atoms with Gasteiger partial charge in [0.15, 0.2) is 5.82 Å². The highest BCUT2D eigenvalue weighted by Crippen LogP contribution is 2.26. The Morgan fingerprint density at radius 1 is 1.42 bits per heavy atom. The third-order valence-electron chi connectivity index (χ3n) is 2.74. The van der Waals surface area contributed by atoms with Crippen molar-refractivity contribution in [1.29, 1.82) is 0 Å². The second kappa shape index (κ2) is 6.68. The average molecular weight is 325 g/mol. The van der Waals surface area contributed by atoms with Gasteiger partial charge in [0.05, 0.1) is 4.47 Å². The van der Waals surface area contributed by atoms with Gasteiger partial charge in [0.1, 0.15) is 18.7 Å². The first-order valence-electron chi connectivity index (χ1n) is 6.15. The zero-order valence-corrected chi connectivity index (χ0v) is 12.6. The Balaban J connectivity index is 1.99. The molecule has 0 aliphatic heterocycles. The van der Waals surface area contributed by atoms with E-state index < -0.39 is 0 Å². The summed E-state index contributed by atoms with van der Waals surface area (Å²) in [6.07, 6.45) is 1.66. The molecule has 19 heavy (non-hydrogen) atoms. The summed E-state index contributed by atoms with van der Waals surface area (Å²) in [5.74, 6) is 1.60. The van der Waals surface area contributed by atoms with Crippen molar-refractivity contribution in [3.05, 3.63) is 40.4 Å². The van der Waals surface area contributed by atoms with E-state index in [9.17, 15) is 0 Å². The fraction of sp³-hybridized carbons (Fsp3) is 0.385. The summed E-state index contributed by atoms with van der Waals surface area (Å²) in [5.41, 5.74) is 1.22. The lowest BCUT2D eigenvalue weighted by molar-refractivity contribution is 0.289. The number of hydrogen-bond acceptors (Lipinski definition) is 4. The molecule has 0 aliphatic carbocycles. The number of benzene rings is 1. The second-order valence-electron chi connectivity index (χ2n) is 4.19. The van der Waals surface area contributed by atoms with Crippen molar-refractivity contribution in [1.82, 2.24) is 20.1 Å². The van der Waals surface area contributed by atoms with Crippen LogP contribution < -0.4 is 10.1 Å². The molecule has 0 radical (unpaired) electrons. The van der Waals surface area contributed by atoms with Crippen LogP contribution in [-0.2, 0) is 20.2 Å². The molecule has 6 heteroatoms. The number of nitrogens with zero attached hydrogens (tertiary/aromatic N) is 3. The SMILES string of the molecule is CCNCc1ccc(OCc2nncn2C)c(Br)c1. The maximum absolute atomic E-state index is 5.73. The predicted octanol–water partition coefficient (Wildman–Crippen LogP) is 2.27. The van der Waals surface area contributed by atoms with Crippen LogP contribution in [0.5, 0.6) is 5.75 Å². The largest absolute Gasteiger partial charge is 0.484 e. The Bertz CT molecular complexity index is 541. The van der Waals surface area contributed by atoms with E-state index in [4.69, 9.17) is 4.74 Å². The van der Waals surface area contributed by atoms with E-state index in [0.29, 0.717) is 6.61 Å². The van der Waals surface area contributed by atoms with Crippen LogP contribution in [0.4, 0.5) is 0 Å². The van der Waals surface area contributed by atoms with Crippen molar-refractivity contribution in [2.45, 2.75) is 20.1 Å². The van der Waals surface area contributed by atoms with E-state index >= 15 is 0 Å². The van der Waals surface area contributed by atoms with Gasteiger partial charge >= 0.3 is 0 Å². The topological polar surface area (TPSA) is 52.0 Å². The van der Waals surface area contributed by atoms with Crippen molar-refractivity contribution >= 4 is 15.9 Å². The summed E-state index contributed by atoms with van der Waals surface area (Å²) >= 11 is 3.53. The van der Waals surface area contributed by atoms with Crippen LogP contribution in [0, 0.1) is 0 Å². The number of hydrogen-bond donors (Lipinski definition) is 1. The molecule has 0 fully saturated rings. The van der Waals surface area contributed by atoms with E-state index in [-0.39, 0.29) is 0 Å². The van der Waals surface area contributed by atoms with Gasteiger partial charge in [-0.25, -0.2) is 0 Å². The molecule has 0 amide bonds. The van der Waals surface area contributed by atoms with Crippen molar-refractivity contribution < 1.29 is 4.74 Å². The number of halogens is 1. The molecule has 0 spiro atoms. The van der Waals surface area contributed by atoms with E-state index in [0.717, 1.165) is 29.1 Å². The van der Waals surface area contributed by atoms with Gasteiger partial charge in [-0.3, -0.25) is 0 Å². The lowest BCUT2D eigenvalue weighted by atomic mass is 10.2. The molecule has 0 bridgehead atoms. The van der Waals surface area contributed by atoms with Crippen molar-refractivity contribution in [2.24, 2.45) is 7.05 Å². The monoisotopic (exact) mass is 324 g/mol. The number of aromatic nitrogens is 3. The fourth-order valence-electron chi connectivity index (χ4n) is 1.62. The normalized spacial score (nSPS) is 10.7. The molecule has 2 rings (SSSR count). The third kappa shape index (κ3) is 3.78. The van der Waals surface area contributed by atoms with E-state index in [2.05, 4.69) is 50.5 Å². The zero-order chi connectivity index (χ0) is 13.7. The lowest BCUT2D eigenvalue weighted by Crippen LogP contribution is -2.11. The molecule has 0 saturated heterocycles. The molecule has 0 atom stereocenters. The number of aryl methyl sites for hydroxylation is 1. The predicted molar refractivity (Wildman–Crippen MR) is 76.9 cm³/mol. The summed E-state index contributed by atoms with van der Waals surface area (Å²) in [7, 11) is 1.90. The minimum absolute atomic E-state index is 0.404. The van der Waals surface area contributed by atoms with Gasteiger partial charge in [-0.05, 0) is 40.2 Å². The van der Waals surface area contributed by atoms with Gasteiger partial charge in [-0.15, -0.1) is 10.2 Å².